The molecule has 0 radical (unpaired) electrons. The van der Waals surface area contributed by atoms with Gasteiger partial charge in [-0.25, -0.2) is 0 Å². The van der Waals surface area contributed by atoms with Crippen LogP contribution < -0.4 is 0 Å². The molecule has 0 aromatic rings. The maximum atomic E-state index is 12.8. The minimum absolute atomic E-state index is 0.0947. The molecule has 74 heavy (non-hydrogen) atoms. The van der Waals surface area contributed by atoms with Gasteiger partial charge in [0, 0.05) is 19.3 Å². The van der Waals surface area contributed by atoms with Crippen molar-refractivity contribution in [2.75, 3.05) is 13.2 Å². The van der Waals surface area contributed by atoms with Crippen molar-refractivity contribution < 1.29 is 28.6 Å². The summed E-state index contributed by atoms with van der Waals surface area (Å²) in [4.78, 5) is 37.9. The third-order valence-corrected chi connectivity index (χ3v) is 13.0. The van der Waals surface area contributed by atoms with E-state index in [9.17, 15) is 14.4 Å². The van der Waals surface area contributed by atoms with E-state index >= 15 is 0 Å². The topological polar surface area (TPSA) is 78.9 Å². The van der Waals surface area contributed by atoms with Crippen molar-refractivity contribution in [3.63, 3.8) is 0 Å². The molecule has 0 fully saturated rings. The van der Waals surface area contributed by atoms with Crippen molar-refractivity contribution in [1.82, 2.24) is 0 Å². The van der Waals surface area contributed by atoms with E-state index in [0.717, 1.165) is 103 Å². The summed E-state index contributed by atoms with van der Waals surface area (Å²) in [6.45, 7) is 6.44. The van der Waals surface area contributed by atoms with Crippen LogP contribution in [0, 0.1) is 0 Å². The number of unbranched alkanes of at least 4 members (excludes halogenated alkanes) is 26. The lowest BCUT2D eigenvalue weighted by atomic mass is 10.0. The van der Waals surface area contributed by atoms with E-state index in [2.05, 4.69) is 130 Å². The molecule has 1 unspecified atom stereocenters. The lowest BCUT2D eigenvalue weighted by Gasteiger charge is -2.18. The zero-order valence-corrected chi connectivity index (χ0v) is 48.3. The Morgan fingerprint density at radius 1 is 0.284 bits per heavy atom. The molecule has 0 aliphatic heterocycles. The number of hydrogen-bond donors (Lipinski definition) is 0. The molecule has 0 saturated carbocycles. The first-order valence-corrected chi connectivity index (χ1v) is 30.9. The van der Waals surface area contributed by atoms with Crippen LogP contribution in [0.25, 0.3) is 0 Å². The average Bonchev–Trinajstić information content (AvgIpc) is 3.40. The van der Waals surface area contributed by atoms with Crippen molar-refractivity contribution in [2.24, 2.45) is 0 Å². The van der Waals surface area contributed by atoms with Gasteiger partial charge in [-0.05, 0) is 83.5 Å². The lowest BCUT2D eigenvalue weighted by Crippen LogP contribution is -2.30. The molecule has 422 valence electrons. The monoisotopic (exact) mass is 1030 g/mol. The van der Waals surface area contributed by atoms with Gasteiger partial charge in [-0.15, -0.1) is 0 Å². The molecule has 0 saturated heterocycles. The van der Waals surface area contributed by atoms with Gasteiger partial charge in [0.1, 0.15) is 13.2 Å². The molecule has 0 heterocycles. The van der Waals surface area contributed by atoms with E-state index in [0.29, 0.717) is 19.3 Å². The number of ether oxygens (including phenoxy) is 3. The summed E-state index contributed by atoms with van der Waals surface area (Å²) < 4.78 is 16.7. The number of hydrogen-bond acceptors (Lipinski definition) is 6. The predicted octanol–water partition coefficient (Wildman–Crippen LogP) is 21.0. The second-order valence-electron chi connectivity index (χ2n) is 20.2. The summed E-state index contributed by atoms with van der Waals surface area (Å²) in [5.41, 5.74) is 0. The van der Waals surface area contributed by atoms with E-state index in [-0.39, 0.29) is 37.5 Å². The Kier molecular flexibility index (Phi) is 58.3. The number of carbonyl (C=O) groups is 3. The van der Waals surface area contributed by atoms with Crippen molar-refractivity contribution in [1.29, 1.82) is 0 Å². The number of allylic oxidation sites excluding steroid dienone is 18. The fourth-order valence-electron chi connectivity index (χ4n) is 8.44. The van der Waals surface area contributed by atoms with Gasteiger partial charge in [-0.2, -0.15) is 0 Å². The first kappa shape index (κ1) is 70.1. The van der Waals surface area contributed by atoms with Gasteiger partial charge in [0.25, 0.3) is 0 Å². The summed E-state index contributed by atoms with van der Waals surface area (Å²) in [7, 11) is 0. The second kappa shape index (κ2) is 61.6. The molecule has 0 aliphatic rings. The molecule has 6 heteroatoms. The highest BCUT2D eigenvalue weighted by Gasteiger charge is 2.19. The molecule has 0 aromatic carbocycles. The van der Waals surface area contributed by atoms with Crippen LogP contribution in [0.5, 0.6) is 0 Å². The van der Waals surface area contributed by atoms with Crippen LogP contribution in [0.2, 0.25) is 0 Å². The minimum atomic E-state index is -0.798. The van der Waals surface area contributed by atoms with Crippen LogP contribution >= 0.6 is 0 Å². The maximum absolute atomic E-state index is 12.8. The predicted molar refractivity (Wildman–Crippen MR) is 320 cm³/mol. The van der Waals surface area contributed by atoms with Crippen LogP contribution in [-0.2, 0) is 28.6 Å². The first-order chi connectivity index (χ1) is 36.5. The molecular formula is C68H114O6. The van der Waals surface area contributed by atoms with Crippen molar-refractivity contribution in [3.05, 3.63) is 109 Å². The molecule has 0 rings (SSSR count). The van der Waals surface area contributed by atoms with Gasteiger partial charge in [0.05, 0.1) is 0 Å². The Balaban J connectivity index is 4.23. The maximum Gasteiger partial charge on any atom is 0.306 e. The first-order valence-electron chi connectivity index (χ1n) is 30.9. The minimum Gasteiger partial charge on any atom is -0.462 e. The van der Waals surface area contributed by atoms with Crippen LogP contribution in [0.1, 0.15) is 284 Å². The van der Waals surface area contributed by atoms with Gasteiger partial charge in [-0.3, -0.25) is 14.4 Å². The third kappa shape index (κ3) is 59.0. The highest BCUT2D eigenvalue weighted by molar-refractivity contribution is 5.71. The highest BCUT2D eigenvalue weighted by Crippen LogP contribution is 2.16. The highest BCUT2D eigenvalue weighted by atomic mass is 16.6. The number of rotatable bonds is 55. The summed E-state index contributed by atoms with van der Waals surface area (Å²) in [5, 5.41) is 0. The van der Waals surface area contributed by atoms with Gasteiger partial charge in [-0.1, -0.05) is 291 Å². The molecule has 0 bridgehead atoms. The largest absolute Gasteiger partial charge is 0.462 e. The molecule has 0 amide bonds. The zero-order valence-electron chi connectivity index (χ0n) is 48.3. The Morgan fingerprint density at radius 2 is 0.527 bits per heavy atom. The normalized spacial score (nSPS) is 12.9. The van der Waals surface area contributed by atoms with Gasteiger partial charge >= 0.3 is 17.9 Å². The number of carbonyl (C=O) groups excluding carboxylic acids is 3. The smallest absolute Gasteiger partial charge is 0.306 e. The average molecular weight is 1030 g/mol. The Bertz CT molecular complexity index is 1510. The molecule has 0 aromatic heterocycles. The van der Waals surface area contributed by atoms with E-state index in [1.807, 2.05) is 0 Å². The standard InChI is InChI=1S/C68H114O6/c1-4-7-10-13-16-18-20-22-24-26-28-30-31-32-33-34-35-36-37-39-40-42-44-46-48-50-52-55-58-61-67(70)73-64-65(63-72-66(69)60-57-54-15-12-9-6-3)74-68(71)62-59-56-53-51-49-47-45-43-41-38-29-27-25-23-21-19-17-14-11-8-5-2/h7,10,16,18,22,24,28,30,32-33,35-36,39-40,44,46,50,52,65H,4-6,8-9,11-15,17,19-21,23,25-27,29,31,34,37-38,41-43,45,47-49,51,53-64H2,1-3H3/b10-7-,18-16-,24-22-,30-28-,33-32-,36-35-,40-39-,46-44-,52-50-. The summed E-state index contributed by atoms with van der Waals surface area (Å²) in [6.07, 6.45) is 84.2. The Morgan fingerprint density at radius 3 is 0.824 bits per heavy atom. The second-order valence-corrected chi connectivity index (χ2v) is 20.2. The van der Waals surface area contributed by atoms with Crippen LogP contribution in [0.4, 0.5) is 0 Å². The molecular weight excluding hydrogens is 913 g/mol. The quantitative estimate of drug-likeness (QED) is 0.0261. The van der Waals surface area contributed by atoms with Gasteiger partial charge in [0.15, 0.2) is 6.10 Å². The fraction of sp³-hybridized carbons (Fsp3) is 0.691. The molecule has 0 spiro atoms. The summed E-state index contributed by atoms with van der Waals surface area (Å²) in [5.74, 6) is -0.961. The Hall–Kier alpha value is -3.93. The zero-order chi connectivity index (χ0) is 53.6. The molecule has 0 aliphatic carbocycles. The SMILES string of the molecule is CC/C=C\C/C=C\C/C=C\C/C=C\C/C=C\C/C=C\C/C=C\C/C=C\C/C=C\CCCC(=O)OCC(COC(=O)CCCCCCCC)OC(=O)CCCCCCCCCCCCCCCCCCCCCCC. The number of esters is 3. The van der Waals surface area contributed by atoms with Crippen LogP contribution in [0.3, 0.4) is 0 Å². The lowest BCUT2D eigenvalue weighted by molar-refractivity contribution is -0.167. The van der Waals surface area contributed by atoms with E-state index < -0.39 is 6.10 Å². The van der Waals surface area contributed by atoms with E-state index in [1.165, 1.54) is 135 Å². The van der Waals surface area contributed by atoms with Crippen molar-refractivity contribution in [2.45, 2.75) is 290 Å². The van der Waals surface area contributed by atoms with E-state index in [4.69, 9.17) is 14.2 Å². The van der Waals surface area contributed by atoms with Crippen LogP contribution in [-0.4, -0.2) is 37.2 Å². The summed E-state index contributed by atoms with van der Waals surface area (Å²) >= 11 is 0. The van der Waals surface area contributed by atoms with Gasteiger partial charge in [0.2, 0.25) is 0 Å². The van der Waals surface area contributed by atoms with Crippen molar-refractivity contribution >= 4 is 17.9 Å². The Labute approximate surface area is 457 Å². The van der Waals surface area contributed by atoms with E-state index in [1.54, 1.807) is 0 Å². The van der Waals surface area contributed by atoms with Crippen molar-refractivity contribution in [3.8, 4) is 0 Å². The fourth-order valence-corrected chi connectivity index (χ4v) is 8.44. The third-order valence-electron chi connectivity index (χ3n) is 13.0. The van der Waals surface area contributed by atoms with Crippen LogP contribution in [0.15, 0.2) is 109 Å². The molecule has 6 nitrogen and oxygen atoms in total. The molecule has 1 atom stereocenters. The molecule has 0 N–H and O–H groups in total. The van der Waals surface area contributed by atoms with Gasteiger partial charge < -0.3 is 14.2 Å². The summed E-state index contributed by atoms with van der Waals surface area (Å²) in [6, 6.07) is 0.